The molecule has 2 N–H and O–H groups in total. The van der Waals surface area contributed by atoms with Crippen LogP contribution >= 0.6 is 0 Å². The number of hydrogen-bond donors (Lipinski definition) is 2. The summed E-state index contributed by atoms with van der Waals surface area (Å²) in [4.78, 5) is 25.4. The first-order valence-electron chi connectivity index (χ1n) is 11.2. The van der Waals surface area contributed by atoms with Gasteiger partial charge in [-0.05, 0) is 38.8 Å². The Morgan fingerprint density at radius 1 is 1.00 bits per heavy atom. The predicted molar refractivity (Wildman–Crippen MR) is 127 cm³/mol. The van der Waals surface area contributed by atoms with Gasteiger partial charge in [-0.15, -0.1) is 0 Å². The molecule has 0 spiro atoms. The van der Waals surface area contributed by atoms with Gasteiger partial charge < -0.3 is 19.9 Å². The fraction of sp³-hybridized carbons (Fsp3) is 0.333. The van der Waals surface area contributed by atoms with Crippen molar-refractivity contribution in [1.29, 1.82) is 0 Å². The Bertz CT molecular complexity index is 1100. The highest BCUT2D eigenvalue weighted by Gasteiger charge is 2.38. The van der Waals surface area contributed by atoms with Crippen LogP contribution in [-0.2, 0) is 20.9 Å². The van der Waals surface area contributed by atoms with Gasteiger partial charge in [-0.2, -0.15) is 0 Å². The monoisotopic (exact) mass is 449 g/mol. The normalized spacial score (nSPS) is 15.8. The van der Waals surface area contributed by atoms with E-state index in [0.29, 0.717) is 34.9 Å². The van der Waals surface area contributed by atoms with E-state index >= 15 is 0 Å². The van der Waals surface area contributed by atoms with Crippen LogP contribution in [0.5, 0.6) is 5.75 Å². The second kappa shape index (κ2) is 10.9. The van der Waals surface area contributed by atoms with Crippen LogP contribution in [0.15, 0.2) is 71.1 Å². The number of para-hydroxylation sites is 1. The van der Waals surface area contributed by atoms with Crippen molar-refractivity contribution in [2.45, 2.75) is 53.1 Å². The van der Waals surface area contributed by atoms with Gasteiger partial charge in [-0.25, -0.2) is 9.59 Å². The molecule has 1 aliphatic rings. The number of carboxylic acids is 1. The number of nitrogens with one attached hydrogen (secondary N) is 1. The molecule has 0 fully saturated rings. The smallest absolute Gasteiger partial charge is 0.336 e. The van der Waals surface area contributed by atoms with Crippen molar-refractivity contribution in [3.63, 3.8) is 0 Å². The summed E-state index contributed by atoms with van der Waals surface area (Å²) in [7, 11) is 0. The molecule has 0 amide bonds. The SMILES string of the molecule is CCCCOC(=O)C1=C(C)NC(C)=C(C(=O)O)C1c1ccccc1OCc1cccc(C)c1. The average Bonchev–Trinajstić information content (AvgIpc) is 2.77. The highest BCUT2D eigenvalue weighted by Crippen LogP contribution is 2.42. The fourth-order valence-corrected chi connectivity index (χ4v) is 4.06. The quantitative estimate of drug-likeness (QED) is 0.402. The number of esters is 1. The lowest BCUT2D eigenvalue weighted by atomic mass is 9.80. The molecule has 1 atom stereocenters. The lowest BCUT2D eigenvalue weighted by Crippen LogP contribution is -2.32. The molecule has 1 aliphatic heterocycles. The van der Waals surface area contributed by atoms with E-state index in [4.69, 9.17) is 9.47 Å². The molecular weight excluding hydrogens is 418 g/mol. The summed E-state index contributed by atoms with van der Waals surface area (Å²) in [5.41, 5.74) is 4.22. The second-order valence-corrected chi connectivity index (χ2v) is 8.25. The summed E-state index contributed by atoms with van der Waals surface area (Å²) in [6.45, 7) is 8.11. The largest absolute Gasteiger partial charge is 0.489 e. The van der Waals surface area contributed by atoms with E-state index in [-0.39, 0.29) is 12.2 Å². The van der Waals surface area contributed by atoms with Gasteiger partial charge in [-0.1, -0.05) is 61.4 Å². The van der Waals surface area contributed by atoms with Crippen LogP contribution < -0.4 is 10.1 Å². The highest BCUT2D eigenvalue weighted by atomic mass is 16.5. The zero-order valence-electron chi connectivity index (χ0n) is 19.6. The number of dihydropyridines is 1. The second-order valence-electron chi connectivity index (χ2n) is 8.25. The molecule has 6 nitrogen and oxygen atoms in total. The summed E-state index contributed by atoms with van der Waals surface area (Å²) in [6, 6.07) is 15.3. The van der Waals surface area contributed by atoms with Gasteiger partial charge in [0.05, 0.1) is 23.7 Å². The van der Waals surface area contributed by atoms with Crippen molar-refractivity contribution in [2.75, 3.05) is 6.61 Å². The topological polar surface area (TPSA) is 84.9 Å². The van der Waals surface area contributed by atoms with Gasteiger partial charge in [0.15, 0.2) is 0 Å². The number of benzene rings is 2. The zero-order chi connectivity index (χ0) is 24.0. The van der Waals surface area contributed by atoms with Crippen LogP contribution in [0.3, 0.4) is 0 Å². The predicted octanol–water partition coefficient (Wildman–Crippen LogP) is 5.24. The van der Waals surface area contributed by atoms with E-state index < -0.39 is 17.9 Å². The first kappa shape index (κ1) is 24.1. The zero-order valence-corrected chi connectivity index (χ0v) is 19.6. The van der Waals surface area contributed by atoms with Crippen molar-refractivity contribution in [1.82, 2.24) is 5.32 Å². The van der Waals surface area contributed by atoms with Crippen molar-refractivity contribution in [3.8, 4) is 5.75 Å². The van der Waals surface area contributed by atoms with E-state index in [2.05, 4.69) is 5.32 Å². The molecule has 0 aliphatic carbocycles. The number of carboxylic acid groups (broad SMARTS) is 1. The number of hydrogen-bond acceptors (Lipinski definition) is 5. The Morgan fingerprint density at radius 2 is 1.73 bits per heavy atom. The average molecular weight is 450 g/mol. The van der Waals surface area contributed by atoms with E-state index in [1.165, 1.54) is 0 Å². The Labute approximate surface area is 194 Å². The minimum Gasteiger partial charge on any atom is -0.489 e. The molecule has 2 aromatic carbocycles. The van der Waals surface area contributed by atoms with Crippen LogP contribution in [-0.4, -0.2) is 23.7 Å². The molecule has 0 saturated heterocycles. The summed E-state index contributed by atoms with van der Waals surface area (Å²) in [5.74, 6) is -1.89. The molecule has 0 bridgehead atoms. The third-order valence-corrected chi connectivity index (χ3v) is 5.65. The van der Waals surface area contributed by atoms with Crippen LogP contribution in [0.25, 0.3) is 0 Å². The number of allylic oxidation sites excluding steroid dienone is 2. The fourth-order valence-electron chi connectivity index (χ4n) is 4.06. The molecule has 0 radical (unpaired) electrons. The number of carbonyl (C=O) groups excluding carboxylic acids is 1. The summed E-state index contributed by atoms with van der Waals surface area (Å²) in [6.07, 6.45) is 1.63. The van der Waals surface area contributed by atoms with Gasteiger partial charge in [0.1, 0.15) is 12.4 Å². The minimum atomic E-state index is -1.09. The third-order valence-electron chi connectivity index (χ3n) is 5.65. The van der Waals surface area contributed by atoms with Gasteiger partial charge in [0.25, 0.3) is 0 Å². The third kappa shape index (κ3) is 5.64. The summed E-state index contributed by atoms with van der Waals surface area (Å²) in [5, 5.41) is 13.1. The first-order chi connectivity index (χ1) is 15.8. The molecule has 174 valence electrons. The van der Waals surface area contributed by atoms with Crippen LogP contribution in [0.2, 0.25) is 0 Å². The number of ether oxygens (including phenoxy) is 2. The van der Waals surface area contributed by atoms with Crippen molar-refractivity contribution < 1.29 is 24.2 Å². The number of unbranched alkanes of at least 4 members (excludes halogenated alkanes) is 1. The summed E-state index contributed by atoms with van der Waals surface area (Å²) < 4.78 is 11.6. The van der Waals surface area contributed by atoms with Gasteiger partial charge in [-0.3, -0.25) is 0 Å². The first-order valence-corrected chi connectivity index (χ1v) is 11.2. The summed E-state index contributed by atoms with van der Waals surface area (Å²) >= 11 is 0. The van der Waals surface area contributed by atoms with Crippen molar-refractivity contribution >= 4 is 11.9 Å². The van der Waals surface area contributed by atoms with E-state index in [1.54, 1.807) is 19.9 Å². The van der Waals surface area contributed by atoms with Crippen LogP contribution in [0.4, 0.5) is 0 Å². The standard InChI is InChI=1S/C27H31NO5/c1-5-6-14-32-27(31)24-19(4)28-18(3)23(26(29)30)25(24)21-12-7-8-13-22(21)33-16-20-11-9-10-17(2)15-20/h7-13,15,25,28H,5-6,14,16H2,1-4H3,(H,29,30). The highest BCUT2D eigenvalue weighted by molar-refractivity contribution is 5.99. The van der Waals surface area contributed by atoms with Gasteiger partial charge >= 0.3 is 11.9 Å². The van der Waals surface area contributed by atoms with E-state index in [9.17, 15) is 14.7 Å². The molecule has 6 heteroatoms. The Morgan fingerprint density at radius 3 is 2.42 bits per heavy atom. The lowest BCUT2D eigenvalue weighted by Gasteiger charge is -2.30. The van der Waals surface area contributed by atoms with Crippen LogP contribution in [0.1, 0.15) is 56.2 Å². The maximum atomic E-state index is 13.1. The van der Waals surface area contributed by atoms with Gasteiger partial charge in [0, 0.05) is 17.0 Å². The Balaban J connectivity index is 2.02. The minimum absolute atomic E-state index is 0.106. The number of aliphatic carboxylic acids is 1. The van der Waals surface area contributed by atoms with E-state index in [1.807, 2.05) is 56.3 Å². The number of aryl methyl sites for hydroxylation is 1. The van der Waals surface area contributed by atoms with Gasteiger partial charge in [0.2, 0.25) is 0 Å². The molecule has 2 aromatic rings. The van der Waals surface area contributed by atoms with Crippen LogP contribution in [0, 0.1) is 6.92 Å². The number of rotatable bonds is 9. The number of carbonyl (C=O) groups is 2. The molecule has 33 heavy (non-hydrogen) atoms. The molecule has 1 heterocycles. The van der Waals surface area contributed by atoms with E-state index in [0.717, 1.165) is 24.0 Å². The molecular formula is C27H31NO5. The Kier molecular flexibility index (Phi) is 7.93. The molecule has 0 saturated carbocycles. The lowest BCUT2D eigenvalue weighted by molar-refractivity contribution is -0.139. The molecule has 1 unspecified atom stereocenters. The maximum absolute atomic E-state index is 13.1. The Hall–Kier alpha value is -3.54. The molecule has 0 aromatic heterocycles. The van der Waals surface area contributed by atoms with Crippen molar-refractivity contribution in [3.05, 3.63) is 87.8 Å². The maximum Gasteiger partial charge on any atom is 0.336 e. The molecule has 3 rings (SSSR count). The van der Waals surface area contributed by atoms with Crippen molar-refractivity contribution in [2.24, 2.45) is 0 Å².